The van der Waals surface area contributed by atoms with Crippen molar-refractivity contribution in [2.45, 2.75) is 104 Å². The summed E-state index contributed by atoms with van der Waals surface area (Å²) in [6.45, 7) is 12.7. The second-order valence-electron chi connectivity index (χ2n) is 14.0. The fourth-order valence-electron chi connectivity index (χ4n) is 10.5. The Hall–Kier alpha value is -0.850. The molecule has 0 spiro atoms. The zero-order valence-electron chi connectivity index (χ0n) is 23.9. The van der Waals surface area contributed by atoms with Crippen LogP contribution >= 0.6 is 0 Å². The second kappa shape index (κ2) is 11.0. The van der Waals surface area contributed by atoms with Gasteiger partial charge in [0.05, 0.1) is 32.0 Å². The van der Waals surface area contributed by atoms with Crippen molar-refractivity contribution >= 4 is 6.09 Å². The lowest BCUT2D eigenvalue weighted by molar-refractivity contribution is -0.203. The van der Waals surface area contributed by atoms with Crippen LogP contribution in [0.4, 0.5) is 4.79 Å². The highest BCUT2D eigenvalue weighted by Gasteiger charge is 2.64. The maximum atomic E-state index is 12.3. The van der Waals surface area contributed by atoms with E-state index in [1.807, 2.05) is 0 Å². The number of rotatable bonds is 6. The molecule has 1 heterocycles. The van der Waals surface area contributed by atoms with Crippen LogP contribution in [0, 0.1) is 52.3 Å². The van der Waals surface area contributed by atoms with Crippen molar-refractivity contribution in [2.24, 2.45) is 52.3 Å². The van der Waals surface area contributed by atoms with Gasteiger partial charge in [0, 0.05) is 13.1 Å². The van der Waals surface area contributed by atoms with Crippen LogP contribution in [0.2, 0.25) is 0 Å². The number of aliphatic hydroxyl groups excluding tert-OH is 2. The monoisotopic (exact) mass is 519 g/mol. The first-order valence-corrected chi connectivity index (χ1v) is 15.6. The molecule has 2 N–H and O–H groups in total. The molecule has 1 saturated heterocycles. The largest absolute Gasteiger partial charge is 0.449 e. The Morgan fingerprint density at radius 2 is 1.73 bits per heavy atom. The van der Waals surface area contributed by atoms with E-state index in [-0.39, 0.29) is 23.7 Å². The highest BCUT2D eigenvalue weighted by molar-refractivity contribution is 5.67. The Morgan fingerprint density at radius 1 is 1.03 bits per heavy atom. The third kappa shape index (κ3) is 4.86. The van der Waals surface area contributed by atoms with Crippen molar-refractivity contribution in [2.75, 3.05) is 32.9 Å². The lowest BCUT2D eigenvalue weighted by atomic mass is 9.41. The number of morpholine rings is 1. The van der Waals surface area contributed by atoms with Crippen LogP contribution in [0.5, 0.6) is 0 Å². The van der Waals surface area contributed by atoms with Gasteiger partial charge in [0.1, 0.15) is 0 Å². The molecule has 1 aliphatic heterocycles. The standard InChI is InChI=1S/C31H53NO5/c1-5-22-26-19-21(33)10-12-31(26,4)25-11-13-30(3)23(8-9-24(30)27(25)28(22)34)20(2)7-6-16-37-29(35)32-14-17-36-18-15-32/h20-28,33-34H,5-19H2,1-4H3/t20-,21-,22-,23-,24+,25+,26+,27?,28-,30?,31-/m1/s1. The van der Waals surface area contributed by atoms with Crippen LogP contribution in [0.3, 0.4) is 0 Å². The Kier molecular flexibility index (Phi) is 8.21. The van der Waals surface area contributed by atoms with Gasteiger partial charge in [0.15, 0.2) is 0 Å². The van der Waals surface area contributed by atoms with Gasteiger partial charge in [-0.25, -0.2) is 4.79 Å². The molecule has 0 bridgehead atoms. The predicted octanol–water partition coefficient (Wildman–Crippen LogP) is 5.50. The summed E-state index contributed by atoms with van der Waals surface area (Å²) in [7, 11) is 0. The van der Waals surface area contributed by atoms with E-state index >= 15 is 0 Å². The lowest BCUT2D eigenvalue weighted by Crippen LogP contribution is -2.62. The number of amides is 1. The smallest absolute Gasteiger partial charge is 0.409 e. The fourth-order valence-corrected chi connectivity index (χ4v) is 10.5. The first kappa shape index (κ1) is 27.7. The van der Waals surface area contributed by atoms with Gasteiger partial charge in [-0.1, -0.05) is 34.1 Å². The molecule has 11 atom stereocenters. The molecule has 0 radical (unpaired) electrons. The SMILES string of the molecule is CC[C@H]1[C@@H](O)C2[C@@H]3CC[C@H]([C@H](C)CCCOC(=O)N4CCOCC4)C3(C)CC[C@@H]2[C@@]2(C)CC[C@@H](O)C[C@@H]12. The number of hydrogen-bond acceptors (Lipinski definition) is 5. The third-order valence-corrected chi connectivity index (χ3v) is 12.4. The predicted molar refractivity (Wildman–Crippen MR) is 144 cm³/mol. The number of aliphatic hydroxyl groups is 2. The summed E-state index contributed by atoms with van der Waals surface area (Å²) in [6, 6.07) is 0. The lowest BCUT2D eigenvalue weighted by Gasteiger charge is -2.64. The van der Waals surface area contributed by atoms with Crippen LogP contribution in [-0.4, -0.2) is 66.3 Å². The van der Waals surface area contributed by atoms with Crippen molar-refractivity contribution in [3.63, 3.8) is 0 Å². The number of hydrogen-bond donors (Lipinski definition) is 2. The van der Waals surface area contributed by atoms with Gasteiger partial charge in [-0.15, -0.1) is 0 Å². The van der Waals surface area contributed by atoms with E-state index in [1.54, 1.807) is 4.90 Å². The fraction of sp³-hybridized carbons (Fsp3) is 0.968. The van der Waals surface area contributed by atoms with Gasteiger partial charge >= 0.3 is 6.09 Å². The molecule has 1 amide bonds. The molecule has 5 aliphatic rings. The quantitative estimate of drug-likeness (QED) is 0.453. The second-order valence-corrected chi connectivity index (χ2v) is 14.0. The molecule has 4 aliphatic carbocycles. The molecule has 6 nitrogen and oxygen atoms in total. The third-order valence-electron chi connectivity index (χ3n) is 12.4. The maximum absolute atomic E-state index is 12.3. The topological polar surface area (TPSA) is 79.2 Å². The van der Waals surface area contributed by atoms with Gasteiger partial charge in [-0.05, 0) is 110 Å². The summed E-state index contributed by atoms with van der Waals surface area (Å²) in [5.41, 5.74) is 0.556. The molecule has 6 heteroatoms. The molecule has 5 fully saturated rings. The summed E-state index contributed by atoms with van der Waals surface area (Å²) < 4.78 is 10.9. The van der Waals surface area contributed by atoms with E-state index < -0.39 is 0 Å². The molecule has 0 aromatic rings. The summed E-state index contributed by atoms with van der Waals surface area (Å²) in [6.07, 6.45) is 10.4. The molecular formula is C31H53NO5. The Labute approximate surface area is 224 Å². The number of carbonyl (C=O) groups excluding carboxylic acids is 1. The summed E-state index contributed by atoms with van der Waals surface area (Å²) in [5, 5.41) is 22.4. The van der Waals surface area contributed by atoms with Crippen LogP contribution in [-0.2, 0) is 9.47 Å². The van der Waals surface area contributed by atoms with Gasteiger partial charge in [0.2, 0.25) is 0 Å². The molecule has 4 saturated carbocycles. The highest BCUT2D eigenvalue weighted by atomic mass is 16.6. The average molecular weight is 520 g/mol. The van der Waals surface area contributed by atoms with Crippen molar-refractivity contribution < 1.29 is 24.5 Å². The molecule has 37 heavy (non-hydrogen) atoms. The first-order valence-electron chi connectivity index (χ1n) is 15.6. The molecule has 2 unspecified atom stereocenters. The number of ether oxygens (including phenoxy) is 2. The van der Waals surface area contributed by atoms with E-state index in [2.05, 4.69) is 27.7 Å². The molecule has 5 rings (SSSR count). The summed E-state index contributed by atoms with van der Waals surface area (Å²) in [5.74, 6) is 3.66. The van der Waals surface area contributed by atoms with Crippen LogP contribution in [0.15, 0.2) is 0 Å². The molecule has 212 valence electrons. The zero-order valence-corrected chi connectivity index (χ0v) is 23.9. The average Bonchev–Trinajstić information content (AvgIpc) is 3.25. The van der Waals surface area contributed by atoms with Crippen molar-refractivity contribution in [1.29, 1.82) is 0 Å². The van der Waals surface area contributed by atoms with E-state index in [4.69, 9.17) is 9.47 Å². The molecule has 0 aromatic carbocycles. The van der Waals surface area contributed by atoms with Crippen molar-refractivity contribution in [3.05, 3.63) is 0 Å². The van der Waals surface area contributed by atoms with Gasteiger partial charge in [0.25, 0.3) is 0 Å². The molecule has 0 aromatic heterocycles. The van der Waals surface area contributed by atoms with E-state index in [1.165, 1.54) is 25.7 Å². The minimum atomic E-state index is -0.225. The highest BCUT2D eigenvalue weighted by Crippen LogP contribution is 2.69. The number of carbonyl (C=O) groups is 1. The Morgan fingerprint density at radius 3 is 2.46 bits per heavy atom. The summed E-state index contributed by atoms with van der Waals surface area (Å²) >= 11 is 0. The van der Waals surface area contributed by atoms with Crippen LogP contribution in [0.25, 0.3) is 0 Å². The number of nitrogens with zero attached hydrogens (tertiary/aromatic N) is 1. The van der Waals surface area contributed by atoms with Crippen LogP contribution < -0.4 is 0 Å². The minimum Gasteiger partial charge on any atom is -0.449 e. The van der Waals surface area contributed by atoms with Crippen LogP contribution in [0.1, 0.15) is 91.9 Å². The minimum absolute atomic E-state index is 0.186. The summed E-state index contributed by atoms with van der Waals surface area (Å²) in [4.78, 5) is 14.1. The first-order chi connectivity index (χ1) is 17.7. The Balaban J connectivity index is 1.22. The number of fused-ring (bicyclic) bond motifs is 5. The normalized spacial score (nSPS) is 46.5. The van der Waals surface area contributed by atoms with Gasteiger partial charge in [-0.2, -0.15) is 0 Å². The van der Waals surface area contributed by atoms with Gasteiger partial charge in [-0.3, -0.25) is 0 Å². The van der Waals surface area contributed by atoms with E-state index in [9.17, 15) is 15.0 Å². The van der Waals surface area contributed by atoms with E-state index in [0.717, 1.165) is 38.5 Å². The Bertz CT molecular complexity index is 800. The van der Waals surface area contributed by atoms with E-state index in [0.29, 0.717) is 79.8 Å². The zero-order chi connectivity index (χ0) is 26.4. The maximum Gasteiger partial charge on any atom is 0.409 e. The van der Waals surface area contributed by atoms with Crippen molar-refractivity contribution in [1.82, 2.24) is 4.90 Å². The molecular weight excluding hydrogens is 466 g/mol. The van der Waals surface area contributed by atoms with Gasteiger partial charge < -0.3 is 24.6 Å². The van der Waals surface area contributed by atoms with Crippen molar-refractivity contribution in [3.8, 4) is 0 Å².